The summed E-state index contributed by atoms with van der Waals surface area (Å²) in [7, 11) is 0. The van der Waals surface area contributed by atoms with Crippen LogP contribution in [0.15, 0.2) is 42.0 Å². The smallest absolute Gasteiger partial charge is 0.101 e. The molecule has 2 atom stereocenters. The van der Waals surface area contributed by atoms with Crippen LogP contribution in [0.2, 0.25) is 0 Å². The van der Waals surface area contributed by atoms with Crippen molar-refractivity contribution in [1.29, 1.82) is 0 Å². The monoisotopic (exact) mass is 292 g/mol. The van der Waals surface area contributed by atoms with E-state index < -0.39 is 0 Å². The summed E-state index contributed by atoms with van der Waals surface area (Å²) in [4.78, 5) is 0. The molecular weight excluding hydrogens is 266 g/mol. The van der Waals surface area contributed by atoms with Gasteiger partial charge in [0, 0.05) is 5.92 Å². The minimum atomic E-state index is 0.651. The minimum absolute atomic E-state index is 0.651. The highest BCUT2D eigenvalue weighted by Gasteiger charge is 2.44. The lowest BCUT2D eigenvalue weighted by Crippen LogP contribution is -2.45. The summed E-state index contributed by atoms with van der Waals surface area (Å²) < 4.78 is 1.27. The van der Waals surface area contributed by atoms with E-state index in [1.807, 2.05) is 0 Å². The van der Waals surface area contributed by atoms with Crippen LogP contribution in [0.4, 0.5) is 0 Å². The van der Waals surface area contributed by atoms with Crippen LogP contribution in [-0.2, 0) is 0 Å². The fourth-order valence-corrected chi connectivity index (χ4v) is 4.71. The Morgan fingerprint density at radius 3 is 2.59 bits per heavy atom. The Bertz CT molecular complexity index is 752. The minimum Gasteiger partial charge on any atom is -0.320 e. The van der Waals surface area contributed by atoms with E-state index >= 15 is 0 Å². The molecule has 2 aromatic rings. The van der Waals surface area contributed by atoms with Crippen molar-refractivity contribution in [2.45, 2.75) is 26.7 Å². The average Bonchev–Trinajstić information content (AvgIpc) is 2.95. The second kappa shape index (κ2) is 4.96. The summed E-state index contributed by atoms with van der Waals surface area (Å²) in [5.74, 6) is 1.39. The summed E-state index contributed by atoms with van der Waals surface area (Å²) >= 11 is 0. The fraction of sp³-hybridized carbons (Fsp3) is 0.429. The van der Waals surface area contributed by atoms with E-state index in [9.17, 15) is 0 Å². The van der Waals surface area contributed by atoms with Crippen LogP contribution in [0.1, 0.15) is 37.8 Å². The molecule has 0 aromatic heterocycles. The lowest BCUT2D eigenvalue weighted by Gasteiger charge is -2.32. The molecule has 1 fully saturated rings. The number of fused-ring (bicyclic) bond motifs is 4. The van der Waals surface area contributed by atoms with Crippen LogP contribution in [-0.4, -0.2) is 30.7 Å². The second-order valence-electron chi connectivity index (χ2n) is 7.22. The van der Waals surface area contributed by atoms with E-state index in [1.54, 1.807) is 11.1 Å². The maximum atomic E-state index is 2.54. The van der Waals surface area contributed by atoms with Gasteiger partial charge in [-0.15, -0.1) is 0 Å². The van der Waals surface area contributed by atoms with Crippen LogP contribution in [0.5, 0.6) is 0 Å². The standard InChI is InChI=1S/C21H26N/c1-4-22(5-2)13-17-12-20-18(15(3)21(17)14-22)11-10-16-8-6-7-9-19(16)20/h6-12,15,21H,4-5,13-14H2,1-3H3/q+1/t15-,21+/m1/s1. The van der Waals surface area contributed by atoms with Crippen molar-refractivity contribution >= 4 is 16.8 Å². The van der Waals surface area contributed by atoms with E-state index in [-0.39, 0.29) is 0 Å². The molecule has 1 heterocycles. The van der Waals surface area contributed by atoms with E-state index in [2.05, 4.69) is 63.2 Å². The highest BCUT2D eigenvalue weighted by Crippen LogP contribution is 2.46. The van der Waals surface area contributed by atoms with Crippen molar-refractivity contribution in [3.8, 4) is 0 Å². The number of rotatable bonds is 2. The number of likely N-dealkylation sites (N-methyl/N-ethyl adjacent to an activating group) is 1. The topological polar surface area (TPSA) is 0 Å². The number of benzene rings is 2. The lowest BCUT2D eigenvalue weighted by atomic mass is 9.76. The molecule has 0 N–H and O–H groups in total. The first-order valence-corrected chi connectivity index (χ1v) is 8.74. The Hall–Kier alpha value is -1.60. The van der Waals surface area contributed by atoms with Gasteiger partial charge < -0.3 is 4.48 Å². The molecule has 0 radical (unpaired) electrons. The molecule has 1 saturated heterocycles. The van der Waals surface area contributed by atoms with E-state index in [0.29, 0.717) is 5.92 Å². The molecule has 2 aliphatic rings. The van der Waals surface area contributed by atoms with Gasteiger partial charge in [-0.3, -0.25) is 0 Å². The van der Waals surface area contributed by atoms with Gasteiger partial charge in [0.25, 0.3) is 0 Å². The fourth-order valence-electron chi connectivity index (χ4n) is 4.71. The zero-order valence-electron chi connectivity index (χ0n) is 14.0. The zero-order valence-corrected chi connectivity index (χ0v) is 14.0. The molecule has 0 unspecified atom stereocenters. The summed E-state index contributed by atoms with van der Waals surface area (Å²) in [5, 5.41) is 2.80. The largest absolute Gasteiger partial charge is 0.320 e. The second-order valence-corrected chi connectivity index (χ2v) is 7.22. The molecule has 2 aromatic carbocycles. The van der Waals surface area contributed by atoms with Gasteiger partial charge in [-0.2, -0.15) is 0 Å². The van der Waals surface area contributed by atoms with Crippen molar-refractivity contribution in [1.82, 2.24) is 0 Å². The first-order valence-electron chi connectivity index (χ1n) is 8.74. The molecule has 0 bridgehead atoms. The molecule has 1 nitrogen and oxygen atoms in total. The third kappa shape index (κ3) is 1.88. The average molecular weight is 292 g/mol. The van der Waals surface area contributed by atoms with Crippen LogP contribution in [0.3, 0.4) is 0 Å². The van der Waals surface area contributed by atoms with Crippen LogP contribution >= 0.6 is 0 Å². The summed E-state index contributed by atoms with van der Waals surface area (Å²) in [6.07, 6.45) is 2.54. The predicted octanol–water partition coefficient (Wildman–Crippen LogP) is 4.83. The highest BCUT2D eigenvalue weighted by molar-refractivity contribution is 5.93. The van der Waals surface area contributed by atoms with Crippen LogP contribution in [0.25, 0.3) is 16.8 Å². The third-order valence-corrected chi connectivity index (χ3v) is 6.35. The van der Waals surface area contributed by atoms with Gasteiger partial charge in [-0.25, -0.2) is 0 Å². The molecule has 4 rings (SSSR count). The Labute approximate surface area is 133 Å². The zero-order chi connectivity index (χ0) is 15.3. The number of hydrogen-bond acceptors (Lipinski definition) is 0. The molecular formula is C21H26N+. The van der Waals surface area contributed by atoms with Gasteiger partial charge in [0.15, 0.2) is 0 Å². The summed E-state index contributed by atoms with van der Waals surface area (Å²) in [6, 6.07) is 13.5. The van der Waals surface area contributed by atoms with Crippen molar-refractivity contribution in [2.24, 2.45) is 5.92 Å². The van der Waals surface area contributed by atoms with Crippen molar-refractivity contribution in [3.63, 3.8) is 0 Å². The maximum absolute atomic E-state index is 2.54. The lowest BCUT2D eigenvalue weighted by molar-refractivity contribution is -0.912. The molecule has 0 amide bonds. The number of hydrogen-bond donors (Lipinski definition) is 0. The van der Waals surface area contributed by atoms with E-state index in [0.717, 1.165) is 5.92 Å². The van der Waals surface area contributed by atoms with Crippen LogP contribution in [0, 0.1) is 5.92 Å². The molecule has 0 spiro atoms. The first-order chi connectivity index (χ1) is 10.7. The Kier molecular flexibility index (Phi) is 3.16. The first kappa shape index (κ1) is 14.0. The van der Waals surface area contributed by atoms with Crippen molar-refractivity contribution in [2.75, 3.05) is 26.2 Å². The Balaban J connectivity index is 1.88. The summed E-state index contributed by atoms with van der Waals surface area (Å²) in [5.41, 5.74) is 4.74. The van der Waals surface area contributed by atoms with E-state index in [4.69, 9.17) is 0 Å². The molecule has 1 aliphatic carbocycles. The van der Waals surface area contributed by atoms with Gasteiger partial charge >= 0.3 is 0 Å². The van der Waals surface area contributed by atoms with Crippen LogP contribution < -0.4 is 0 Å². The summed E-state index contributed by atoms with van der Waals surface area (Å²) in [6.45, 7) is 12.2. The molecule has 1 heteroatoms. The highest BCUT2D eigenvalue weighted by atomic mass is 15.4. The van der Waals surface area contributed by atoms with Gasteiger partial charge in [0.05, 0.1) is 19.6 Å². The number of likely N-dealkylation sites (tertiary alicyclic amines) is 1. The molecule has 1 aliphatic heterocycles. The molecule has 114 valence electrons. The number of nitrogens with zero attached hydrogens (tertiary/aromatic N) is 1. The molecule has 0 saturated carbocycles. The number of quaternary nitrogens is 1. The predicted molar refractivity (Wildman–Crippen MR) is 94.9 cm³/mol. The van der Waals surface area contributed by atoms with E-state index in [1.165, 1.54) is 47.0 Å². The van der Waals surface area contributed by atoms with Crippen molar-refractivity contribution in [3.05, 3.63) is 53.1 Å². The Morgan fingerprint density at radius 2 is 1.82 bits per heavy atom. The van der Waals surface area contributed by atoms with Gasteiger partial charge in [0.2, 0.25) is 0 Å². The van der Waals surface area contributed by atoms with Crippen molar-refractivity contribution < 1.29 is 4.48 Å². The van der Waals surface area contributed by atoms with Gasteiger partial charge in [0.1, 0.15) is 6.54 Å². The third-order valence-electron chi connectivity index (χ3n) is 6.35. The molecule has 22 heavy (non-hydrogen) atoms. The normalized spacial score (nSPS) is 25.7. The maximum Gasteiger partial charge on any atom is 0.101 e. The quantitative estimate of drug-likeness (QED) is 0.696. The van der Waals surface area contributed by atoms with Gasteiger partial charge in [-0.05, 0) is 53.3 Å². The van der Waals surface area contributed by atoms with Gasteiger partial charge in [-0.1, -0.05) is 43.3 Å². The SMILES string of the molecule is CC[N+]1(CC)CC2=Cc3c(ccc4ccccc34)[C@@H](C)[C@@H]2C1. The Morgan fingerprint density at radius 1 is 1.05 bits per heavy atom.